The second kappa shape index (κ2) is 11.6. The average molecular weight is 468 g/mol. The summed E-state index contributed by atoms with van der Waals surface area (Å²) in [5.74, 6) is -0.271. The Morgan fingerprint density at radius 3 is 2.27 bits per heavy atom. The fourth-order valence-corrected chi connectivity index (χ4v) is 4.35. The molecular weight excluding hydrogens is 437 g/mol. The maximum atomic E-state index is 13.4. The Balaban J connectivity index is 1.78. The van der Waals surface area contributed by atoms with Crippen molar-refractivity contribution in [2.24, 2.45) is 5.92 Å². The van der Waals surface area contributed by atoms with Gasteiger partial charge in [-0.25, -0.2) is 9.18 Å². The molecule has 0 saturated carbocycles. The van der Waals surface area contributed by atoms with Crippen LogP contribution >= 0.6 is 11.3 Å². The number of hydrogen-bond acceptors (Lipinski definition) is 3. The molecule has 0 spiro atoms. The summed E-state index contributed by atoms with van der Waals surface area (Å²) < 4.78 is 13.4. The first-order valence-corrected chi connectivity index (χ1v) is 11.9. The van der Waals surface area contributed by atoms with Crippen molar-refractivity contribution in [2.45, 2.75) is 33.9 Å². The number of amides is 3. The summed E-state index contributed by atoms with van der Waals surface area (Å²) >= 11 is 1.60. The van der Waals surface area contributed by atoms with E-state index in [1.54, 1.807) is 33.3 Å². The zero-order valence-electron chi connectivity index (χ0n) is 19.3. The van der Waals surface area contributed by atoms with Gasteiger partial charge in [0.25, 0.3) is 0 Å². The standard InChI is InChI=1S/C26H30FN3O2S/c1-19(2)15-30(26(32)28-23-7-5-4-6-8-23)18-25(31)29(17-24-20(3)13-14-33-24)16-21-9-11-22(27)12-10-21/h4-14,19H,15-18H2,1-3H3,(H,28,32). The quantitative estimate of drug-likeness (QED) is 0.425. The van der Waals surface area contributed by atoms with E-state index in [1.807, 2.05) is 62.5 Å². The molecule has 7 heteroatoms. The van der Waals surface area contributed by atoms with Gasteiger partial charge in [0.15, 0.2) is 0 Å². The molecule has 2 aromatic carbocycles. The zero-order chi connectivity index (χ0) is 23.8. The molecule has 0 aliphatic heterocycles. The molecule has 0 fully saturated rings. The number of aryl methyl sites for hydroxylation is 1. The number of nitrogens with one attached hydrogen (secondary N) is 1. The number of urea groups is 1. The Labute approximate surface area is 198 Å². The molecule has 33 heavy (non-hydrogen) atoms. The van der Waals surface area contributed by atoms with Gasteiger partial charge < -0.3 is 15.1 Å². The van der Waals surface area contributed by atoms with E-state index < -0.39 is 0 Å². The van der Waals surface area contributed by atoms with Crippen LogP contribution in [0.25, 0.3) is 0 Å². The third-order valence-corrected chi connectivity index (χ3v) is 6.17. The highest BCUT2D eigenvalue weighted by atomic mass is 32.1. The summed E-state index contributed by atoms with van der Waals surface area (Å²) in [5.41, 5.74) is 2.64. The largest absolute Gasteiger partial charge is 0.332 e. The molecule has 1 aromatic heterocycles. The number of benzene rings is 2. The third kappa shape index (κ3) is 7.43. The van der Waals surface area contributed by atoms with Gasteiger partial charge in [0.05, 0.1) is 6.54 Å². The van der Waals surface area contributed by atoms with Gasteiger partial charge in [-0.05, 0) is 59.7 Å². The van der Waals surface area contributed by atoms with E-state index in [0.717, 1.165) is 16.0 Å². The van der Waals surface area contributed by atoms with Gasteiger partial charge in [-0.2, -0.15) is 0 Å². The van der Waals surface area contributed by atoms with Crippen molar-refractivity contribution in [1.29, 1.82) is 0 Å². The van der Waals surface area contributed by atoms with Crippen molar-refractivity contribution in [1.82, 2.24) is 9.80 Å². The number of anilines is 1. The summed E-state index contributed by atoms with van der Waals surface area (Å²) in [6, 6.07) is 17.1. The number of thiophene rings is 1. The number of nitrogens with zero attached hydrogens (tertiary/aromatic N) is 2. The molecule has 0 aliphatic rings. The van der Waals surface area contributed by atoms with Crippen LogP contribution in [0.4, 0.5) is 14.9 Å². The van der Waals surface area contributed by atoms with Gasteiger partial charge in [-0.15, -0.1) is 11.3 Å². The topological polar surface area (TPSA) is 52.7 Å². The molecule has 3 amide bonds. The summed E-state index contributed by atoms with van der Waals surface area (Å²) in [6.45, 7) is 7.24. The lowest BCUT2D eigenvalue weighted by Gasteiger charge is -2.29. The highest BCUT2D eigenvalue weighted by molar-refractivity contribution is 7.10. The van der Waals surface area contributed by atoms with Crippen LogP contribution in [0.15, 0.2) is 66.0 Å². The van der Waals surface area contributed by atoms with E-state index in [-0.39, 0.29) is 30.2 Å². The Hall–Kier alpha value is -3.19. The smallest absolute Gasteiger partial charge is 0.322 e. The average Bonchev–Trinajstić information content (AvgIpc) is 3.19. The molecule has 0 radical (unpaired) electrons. The number of halogens is 1. The highest BCUT2D eigenvalue weighted by Crippen LogP contribution is 2.20. The minimum atomic E-state index is -0.314. The van der Waals surface area contributed by atoms with Crippen molar-refractivity contribution >= 4 is 29.0 Å². The molecule has 174 valence electrons. The molecule has 0 bridgehead atoms. The van der Waals surface area contributed by atoms with Crippen LogP contribution in [0.1, 0.15) is 29.9 Å². The first kappa shape index (κ1) is 24.5. The molecule has 1 N–H and O–H groups in total. The highest BCUT2D eigenvalue weighted by Gasteiger charge is 2.23. The lowest BCUT2D eigenvalue weighted by molar-refractivity contribution is -0.133. The Kier molecular flexibility index (Phi) is 8.60. The lowest BCUT2D eigenvalue weighted by Crippen LogP contribution is -2.45. The molecule has 0 unspecified atom stereocenters. The lowest BCUT2D eigenvalue weighted by atomic mass is 10.2. The van der Waals surface area contributed by atoms with Crippen molar-refractivity contribution in [3.8, 4) is 0 Å². The minimum absolute atomic E-state index is 0.0392. The number of hydrogen-bond donors (Lipinski definition) is 1. The number of rotatable bonds is 9. The third-order valence-electron chi connectivity index (χ3n) is 5.17. The second-order valence-corrected chi connectivity index (χ2v) is 9.47. The Bertz CT molecular complexity index is 1050. The van der Waals surface area contributed by atoms with Crippen LogP contribution in [0.3, 0.4) is 0 Å². The fourth-order valence-electron chi connectivity index (χ4n) is 3.43. The monoisotopic (exact) mass is 467 g/mol. The van der Waals surface area contributed by atoms with Crippen LogP contribution in [0.2, 0.25) is 0 Å². The van der Waals surface area contributed by atoms with Gasteiger partial charge in [0.1, 0.15) is 12.4 Å². The number of carbonyl (C=O) groups excluding carboxylic acids is 2. The van der Waals surface area contributed by atoms with Crippen molar-refractivity contribution in [2.75, 3.05) is 18.4 Å². The molecule has 0 atom stereocenters. The van der Waals surface area contributed by atoms with Crippen LogP contribution < -0.4 is 5.32 Å². The molecule has 3 rings (SSSR count). The zero-order valence-corrected chi connectivity index (χ0v) is 20.1. The molecular formula is C26H30FN3O2S. The number of para-hydroxylation sites is 1. The maximum Gasteiger partial charge on any atom is 0.322 e. The van der Waals surface area contributed by atoms with Gasteiger partial charge in [0, 0.05) is 23.7 Å². The first-order valence-electron chi connectivity index (χ1n) is 11.0. The van der Waals surface area contributed by atoms with E-state index in [1.165, 1.54) is 12.1 Å². The van der Waals surface area contributed by atoms with E-state index in [4.69, 9.17) is 0 Å². The van der Waals surface area contributed by atoms with Crippen molar-refractivity contribution < 1.29 is 14.0 Å². The summed E-state index contributed by atoms with van der Waals surface area (Å²) in [4.78, 5) is 30.8. The Morgan fingerprint density at radius 1 is 0.970 bits per heavy atom. The van der Waals surface area contributed by atoms with Gasteiger partial charge in [-0.1, -0.05) is 44.2 Å². The molecule has 0 aliphatic carbocycles. The van der Waals surface area contributed by atoms with Gasteiger partial charge in [-0.3, -0.25) is 4.79 Å². The van der Waals surface area contributed by atoms with E-state index in [9.17, 15) is 14.0 Å². The summed E-state index contributed by atoms with van der Waals surface area (Å²) in [5, 5.41) is 4.88. The van der Waals surface area contributed by atoms with Gasteiger partial charge in [0.2, 0.25) is 5.91 Å². The second-order valence-electron chi connectivity index (χ2n) is 8.47. The summed E-state index contributed by atoms with van der Waals surface area (Å²) in [7, 11) is 0. The normalized spacial score (nSPS) is 10.8. The van der Waals surface area contributed by atoms with E-state index >= 15 is 0 Å². The predicted molar refractivity (Wildman–Crippen MR) is 132 cm³/mol. The maximum absolute atomic E-state index is 13.4. The van der Waals surface area contributed by atoms with Gasteiger partial charge >= 0.3 is 6.03 Å². The SMILES string of the molecule is Cc1ccsc1CN(Cc1ccc(F)cc1)C(=O)CN(CC(C)C)C(=O)Nc1ccccc1. The fraction of sp³-hybridized carbons (Fsp3) is 0.308. The van der Waals surface area contributed by atoms with Crippen LogP contribution in [-0.2, 0) is 17.9 Å². The van der Waals surface area contributed by atoms with Crippen LogP contribution in [-0.4, -0.2) is 34.8 Å². The van der Waals surface area contributed by atoms with Crippen LogP contribution in [0.5, 0.6) is 0 Å². The molecule has 0 saturated heterocycles. The molecule has 3 aromatic rings. The van der Waals surface area contributed by atoms with Crippen molar-refractivity contribution in [3.05, 3.63) is 87.9 Å². The minimum Gasteiger partial charge on any atom is -0.332 e. The van der Waals surface area contributed by atoms with E-state index in [0.29, 0.717) is 25.3 Å². The Morgan fingerprint density at radius 2 is 1.67 bits per heavy atom. The van der Waals surface area contributed by atoms with Crippen LogP contribution in [0, 0.1) is 18.7 Å². The van der Waals surface area contributed by atoms with E-state index in [2.05, 4.69) is 5.32 Å². The predicted octanol–water partition coefficient (Wildman–Crippen LogP) is 5.91. The molecule has 1 heterocycles. The molecule has 5 nitrogen and oxygen atoms in total. The first-order chi connectivity index (χ1) is 15.8. The number of carbonyl (C=O) groups is 2. The van der Waals surface area contributed by atoms with Crippen molar-refractivity contribution in [3.63, 3.8) is 0 Å². The summed E-state index contributed by atoms with van der Waals surface area (Å²) in [6.07, 6.45) is 0.